The van der Waals surface area contributed by atoms with Gasteiger partial charge < -0.3 is 16.0 Å². The second kappa shape index (κ2) is 13.2. The first kappa shape index (κ1) is 28.7. The van der Waals surface area contributed by atoms with Crippen molar-refractivity contribution in [3.05, 3.63) is 95.3 Å². The molecule has 0 atom stereocenters. The van der Waals surface area contributed by atoms with Gasteiger partial charge in [-0.3, -0.25) is 19.5 Å². The van der Waals surface area contributed by atoms with Gasteiger partial charge in [0.2, 0.25) is 5.91 Å². The first-order valence-electron chi connectivity index (χ1n) is 13.5. The minimum absolute atomic E-state index is 0.0724. The maximum absolute atomic E-state index is 12.8. The number of piperazine rings is 1. The van der Waals surface area contributed by atoms with Crippen molar-refractivity contribution in [2.24, 2.45) is 0 Å². The Bertz CT molecular complexity index is 1610. The van der Waals surface area contributed by atoms with Crippen LogP contribution in [0.5, 0.6) is 0 Å². The number of carbonyl (C=O) groups excluding carboxylic acids is 2. The molecule has 0 spiro atoms. The quantitative estimate of drug-likeness (QED) is 0.232. The highest BCUT2D eigenvalue weighted by molar-refractivity contribution is 7.98. The zero-order chi connectivity index (χ0) is 29.5. The van der Waals surface area contributed by atoms with Crippen LogP contribution < -0.4 is 11.1 Å². The van der Waals surface area contributed by atoms with Gasteiger partial charge >= 0.3 is 0 Å². The summed E-state index contributed by atoms with van der Waals surface area (Å²) in [5, 5.41) is 12.9. The van der Waals surface area contributed by atoms with Crippen LogP contribution in [-0.2, 0) is 17.1 Å². The smallest absolute Gasteiger partial charge is 0.253 e. The third-order valence-corrected chi connectivity index (χ3v) is 7.67. The highest BCUT2D eigenvalue weighted by Crippen LogP contribution is 2.29. The van der Waals surface area contributed by atoms with Crippen molar-refractivity contribution >= 4 is 35.1 Å². The van der Waals surface area contributed by atoms with Crippen molar-refractivity contribution in [2.45, 2.75) is 24.4 Å². The summed E-state index contributed by atoms with van der Waals surface area (Å²) in [5.41, 5.74) is 10.7. The molecule has 1 fully saturated rings. The molecule has 5 rings (SSSR count). The van der Waals surface area contributed by atoms with E-state index >= 15 is 0 Å². The summed E-state index contributed by atoms with van der Waals surface area (Å²) >= 11 is 1.39. The lowest BCUT2D eigenvalue weighted by molar-refractivity contribution is -0.114. The van der Waals surface area contributed by atoms with E-state index in [0.717, 1.165) is 30.0 Å². The summed E-state index contributed by atoms with van der Waals surface area (Å²) in [6, 6.07) is 24.5. The van der Waals surface area contributed by atoms with E-state index in [1.807, 2.05) is 53.4 Å². The van der Waals surface area contributed by atoms with Gasteiger partial charge in [0.25, 0.3) is 5.91 Å². The van der Waals surface area contributed by atoms with E-state index in [2.05, 4.69) is 26.3 Å². The monoisotopic (exact) mass is 578 g/mol. The molecule has 0 radical (unpaired) electrons. The van der Waals surface area contributed by atoms with Crippen molar-refractivity contribution in [3.63, 3.8) is 0 Å². The number of benzene rings is 2. The molecule has 0 unspecified atom stereocenters. The number of hydrogen-bond donors (Lipinski definition) is 2. The van der Waals surface area contributed by atoms with E-state index in [1.165, 1.54) is 18.7 Å². The van der Waals surface area contributed by atoms with Gasteiger partial charge in [-0.05, 0) is 36.4 Å². The summed E-state index contributed by atoms with van der Waals surface area (Å²) < 4.78 is 0. The van der Waals surface area contributed by atoms with Crippen LogP contribution in [0.3, 0.4) is 0 Å². The Kier molecular flexibility index (Phi) is 9.06. The second-order valence-electron chi connectivity index (χ2n) is 9.83. The van der Waals surface area contributed by atoms with Crippen LogP contribution >= 0.6 is 11.8 Å². The molecule has 11 heteroatoms. The van der Waals surface area contributed by atoms with Gasteiger partial charge in [0.1, 0.15) is 17.5 Å². The molecular weight excluding hydrogens is 548 g/mol. The number of nitrogens with zero attached hydrogens (tertiary/aromatic N) is 6. The van der Waals surface area contributed by atoms with Crippen molar-refractivity contribution in [1.82, 2.24) is 24.8 Å². The second-order valence-corrected chi connectivity index (χ2v) is 10.8. The minimum atomic E-state index is -0.166. The first-order valence-corrected chi connectivity index (χ1v) is 14.5. The number of nitrogen functional groups attached to an aromatic ring is 1. The van der Waals surface area contributed by atoms with Gasteiger partial charge in [0.05, 0.1) is 17.1 Å². The molecule has 212 valence electrons. The van der Waals surface area contributed by atoms with Crippen LogP contribution in [0.1, 0.15) is 34.2 Å². The van der Waals surface area contributed by atoms with Gasteiger partial charge in [0.15, 0.2) is 5.16 Å². The summed E-state index contributed by atoms with van der Waals surface area (Å²) in [6.45, 7) is 5.07. The lowest BCUT2D eigenvalue weighted by Gasteiger charge is -2.34. The standard InChI is InChI=1S/C31H30N8O2S/c1-21(40)34-24-12-10-22(11-13-24)28-27(18-32)29(33)37-31(36-28)42-20-26-9-5-8-25(35-26)19-38-14-16-39(17-15-38)30(41)23-6-3-2-4-7-23/h2-13H,14-17,19-20H2,1H3,(H,34,40)(H2,33,36,37). The maximum Gasteiger partial charge on any atom is 0.253 e. The van der Waals surface area contributed by atoms with Crippen LogP contribution in [0, 0.1) is 11.3 Å². The molecule has 1 aliphatic heterocycles. The average molecular weight is 579 g/mol. The lowest BCUT2D eigenvalue weighted by atomic mass is 10.1. The van der Waals surface area contributed by atoms with Crippen molar-refractivity contribution in [3.8, 4) is 17.3 Å². The SMILES string of the molecule is CC(=O)Nc1ccc(-c2nc(SCc3cccc(CN4CCN(C(=O)c5ccccc5)CC4)n3)nc(N)c2C#N)cc1. The molecule has 2 aromatic carbocycles. The normalized spacial score (nSPS) is 13.4. The molecule has 2 aromatic heterocycles. The van der Waals surface area contributed by atoms with Crippen molar-refractivity contribution in [1.29, 1.82) is 5.26 Å². The molecule has 0 saturated carbocycles. The fraction of sp³-hybridized carbons (Fsp3) is 0.226. The number of amides is 2. The molecule has 10 nitrogen and oxygen atoms in total. The van der Waals surface area contributed by atoms with E-state index in [1.54, 1.807) is 24.3 Å². The molecular formula is C31H30N8O2S. The number of rotatable bonds is 8. The minimum Gasteiger partial charge on any atom is -0.382 e. The number of nitriles is 1. The maximum atomic E-state index is 12.8. The average Bonchev–Trinajstić information content (AvgIpc) is 3.00. The number of hydrogen-bond acceptors (Lipinski definition) is 9. The van der Waals surface area contributed by atoms with Crippen LogP contribution in [0.15, 0.2) is 78.0 Å². The molecule has 2 amide bonds. The summed E-state index contributed by atoms with van der Waals surface area (Å²) in [5.74, 6) is 0.547. The third-order valence-electron chi connectivity index (χ3n) is 6.79. The Morgan fingerprint density at radius 3 is 2.33 bits per heavy atom. The number of pyridine rings is 1. The Morgan fingerprint density at radius 1 is 0.929 bits per heavy atom. The highest BCUT2D eigenvalue weighted by atomic mass is 32.2. The van der Waals surface area contributed by atoms with Gasteiger partial charge in [-0.2, -0.15) is 5.26 Å². The zero-order valence-corrected chi connectivity index (χ0v) is 24.0. The largest absolute Gasteiger partial charge is 0.382 e. The van der Waals surface area contributed by atoms with E-state index < -0.39 is 0 Å². The summed E-state index contributed by atoms with van der Waals surface area (Å²) in [6.07, 6.45) is 0. The molecule has 0 bridgehead atoms. The number of anilines is 2. The molecule has 42 heavy (non-hydrogen) atoms. The Labute approximate surface area is 248 Å². The fourth-order valence-corrected chi connectivity index (χ4v) is 5.45. The Hall–Kier alpha value is -4.79. The van der Waals surface area contributed by atoms with E-state index in [-0.39, 0.29) is 23.2 Å². The Morgan fingerprint density at radius 2 is 1.64 bits per heavy atom. The predicted molar refractivity (Wildman–Crippen MR) is 162 cm³/mol. The third kappa shape index (κ3) is 7.09. The zero-order valence-electron chi connectivity index (χ0n) is 23.2. The van der Waals surface area contributed by atoms with Gasteiger partial charge in [0, 0.05) is 62.2 Å². The van der Waals surface area contributed by atoms with E-state index in [0.29, 0.717) is 47.5 Å². The van der Waals surface area contributed by atoms with Crippen LogP contribution in [0.4, 0.5) is 11.5 Å². The van der Waals surface area contributed by atoms with Crippen molar-refractivity contribution < 1.29 is 9.59 Å². The summed E-state index contributed by atoms with van der Waals surface area (Å²) in [7, 11) is 0. The Balaban J connectivity index is 1.21. The topological polar surface area (TPSA) is 141 Å². The summed E-state index contributed by atoms with van der Waals surface area (Å²) in [4.78, 5) is 42.1. The fourth-order valence-electron chi connectivity index (χ4n) is 4.69. The molecule has 1 saturated heterocycles. The molecule has 4 aromatic rings. The van der Waals surface area contributed by atoms with Gasteiger partial charge in [-0.25, -0.2) is 9.97 Å². The van der Waals surface area contributed by atoms with E-state index in [9.17, 15) is 14.9 Å². The first-order chi connectivity index (χ1) is 20.4. The molecule has 1 aliphatic rings. The number of nitrogens with two attached hydrogens (primary N) is 1. The molecule has 0 aliphatic carbocycles. The predicted octanol–water partition coefficient (Wildman–Crippen LogP) is 4.20. The number of thioether (sulfide) groups is 1. The van der Waals surface area contributed by atoms with Crippen molar-refractivity contribution in [2.75, 3.05) is 37.2 Å². The molecule has 3 N–H and O–H groups in total. The van der Waals surface area contributed by atoms with Crippen LogP contribution in [0.25, 0.3) is 11.3 Å². The lowest BCUT2D eigenvalue weighted by Crippen LogP contribution is -2.48. The number of aromatic nitrogens is 3. The number of nitrogens with one attached hydrogen (secondary N) is 1. The van der Waals surface area contributed by atoms with Gasteiger partial charge in [-0.1, -0.05) is 48.2 Å². The highest BCUT2D eigenvalue weighted by Gasteiger charge is 2.22. The van der Waals surface area contributed by atoms with Crippen LogP contribution in [-0.4, -0.2) is 62.7 Å². The van der Waals surface area contributed by atoms with Gasteiger partial charge in [-0.15, -0.1) is 0 Å². The molecule has 3 heterocycles. The van der Waals surface area contributed by atoms with E-state index in [4.69, 9.17) is 10.7 Å². The number of carbonyl (C=O) groups is 2. The van der Waals surface area contributed by atoms with Crippen LogP contribution in [0.2, 0.25) is 0 Å².